The normalized spacial score (nSPS) is 19.2. The van der Waals surface area contributed by atoms with Crippen LogP contribution in [-0.2, 0) is 14.6 Å². The summed E-state index contributed by atoms with van der Waals surface area (Å²) in [6, 6.07) is 0.0440. The first kappa shape index (κ1) is 24.9. The Bertz CT molecular complexity index is 506. The summed E-state index contributed by atoms with van der Waals surface area (Å²) < 4.78 is 28.1. The van der Waals surface area contributed by atoms with Crippen LogP contribution in [0.4, 0.5) is 0 Å². The van der Waals surface area contributed by atoms with Crippen molar-refractivity contribution < 1.29 is 13.2 Å². The molecular formula is C16H35IN4O3S. The van der Waals surface area contributed by atoms with Gasteiger partial charge in [-0.2, -0.15) is 0 Å². The average Bonchev–Trinajstić information content (AvgIpc) is 2.51. The second-order valence-electron chi connectivity index (χ2n) is 6.89. The van der Waals surface area contributed by atoms with Crippen LogP contribution in [0.25, 0.3) is 0 Å². The minimum absolute atomic E-state index is 0. The molecule has 0 aromatic rings. The molecule has 7 nitrogen and oxygen atoms in total. The van der Waals surface area contributed by atoms with Crippen molar-refractivity contribution in [3.05, 3.63) is 0 Å². The fourth-order valence-electron chi connectivity index (χ4n) is 2.74. The lowest BCUT2D eigenvalue weighted by Crippen LogP contribution is -2.52. The third kappa shape index (κ3) is 9.39. The highest BCUT2D eigenvalue weighted by Crippen LogP contribution is 2.26. The van der Waals surface area contributed by atoms with Crippen LogP contribution >= 0.6 is 24.0 Å². The molecule has 1 saturated heterocycles. The predicted molar refractivity (Wildman–Crippen MR) is 115 cm³/mol. The minimum atomic E-state index is -2.94. The van der Waals surface area contributed by atoms with Crippen molar-refractivity contribution in [3.63, 3.8) is 0 Å². The van der Waals surface area contributed by atoms with Crippen molar-refractivity contribution in [2.75, 3.05) is 52.4 Å². The van der Waals surface area contributed by atoms with Crippen molar-refractivity contribution >= 4 is 39.8 Å². The van der Waals surface area contributed by atoms with Gasteiger partial charge in [-0.15, -0.1) is 24.0 Å². The number of ether oxygens (including phenoxy) is 1. The number of aliphatic imine (C=N–C) groups is 1. The molecule has 0 aromatic carbocycles. The van der Waals surface area contributed by atoms with Crippen molar-refractivity contribution in [1.82, 2.24) is 15.5 Å². The minimum Gasteiger partial charge on any atom is -0.381 e. The van der Waals surface area contributed by atoms with Crippen LogP contribution < -0.4 is 10.6 Å². The summed E-state index contributed by atoms with van der Waals surface area (Å²) >= 11 is 0. The van der Waals surface area contributed by atoms with E-state index in [-0.39, 0.29) is 41.3 Å². The van der Waals surface area contributed by atoms with Gasteiger partial charge in [-0.05, 0) is 47.2 Å². The molecule has 1 unspecified atom stereocenters. The van der Waals surface area contributed by atoms with E-state index >= 15 is 0 Å². The molecule has 0 aliphatic carbocycles. The van der Waals surface area contributed by atoms with Crippen LogP contribution in [0.15, 0.2) is 4.99 Å². The van der Waals surface area contributed by atoms with Crippen molar-refractivity contribution in [2.24, 2.45) is 4.99 Å². The number of hydrogen-bond donors (Lipinski definition) is 2. The van der Waals surface area contributed by atoms with Gasteiger partial charge in [0.2, 0.25) is 0 Å². The largest absolute Gasteiger partial charge is 0.381 e. The zero-order valence-electron chi connectivity index (χ0n) is 16.2. The standard InChI is InChI=1S/C16H34N4O3S.HI/c1-6-17-15(19-14(2)7-12-24(5,21)22)18-13-16(20(3)4)8-10-23-11-9-16;/h14H,6-13H2,1-5H3,(H2,17,18,19);1H. The van der Waals surface area contributed by atoms with Crippen LogP contribution in [0.1, 0.15) is 33.1 Å². The van der Waals surface area contributed by atoms with Gasteiger partial charge in [0.15, 0.2) is 5.96 Å². The molecule has 1 aliphatic rings. The van der Waals surface area contributed by atoms with E-state index in [4.69, 9.17) is 9.73 Å². The Morgan fingerprint density at radius 3 is 2.40 bits per heavy atom. The molecule has 0 spiro atoms. The molecule has 9 heteroatoms. The molecular weight excluding hydrogens is 455 g/mol. The van der Waals surface area contributed by atoms with Crippen molar-refractivity contribution in [1.29, 1.82) is 0 Å². The molecule has 1 atom stereocenters. The predicted octanol–water partition coefficient (Wildman–Crippen LogP) is 1.09. The molecule has 2 N–H and O–H groups in total. The Morgan fingerprint density at radius 1 is 1.32 bits per heavy atom. The zero-order valence-corrected chi connectivity index (χ0v) is 19.3. The smallest absolute Gasteiger partial charge is 0.191 e. The molecule has 0 amide bonds. The zero-order chi connectivity index (χ0) is 18.2. The Labute approximate surface area is 170 Å². The maximum absolute atomic E-state index is 11.3. The summed E-state index contributed by atoms with van der Waals surface area (Å²) in [4.78, 5) is 7.01. The number of hydrogen-bond acceptors (Lipinski definition) is 5. The van der Waals surface area contributed by atoms with Gasteiger partial charge < -0.3 is 20.3 Å². The lowest BCUT2D eigenvalue weighted by Gasteiger charge is -2.41. The van der Waals surface area contributed by atoms with Crippen LogP contribution in [0, 0.1) is 0 Å². The van der Waals surface area contributed by atoms with E-state index < -0.39 is 9.84 Å². The Balaban J connectivity index is 0.00000576. The Hall–Kier alpha value is -0.130. The van der Waals surface area contributed by atoms with Gasteiger partial charge >= 0.3 is 0 Å². The molecule has 1 heterocycles. The second-order valence-corrected chi connectivity index (χ2v) is 9.15. The van der Waals surface area contributed by atoms with Gasteiger partial charge in [-0.1, -0.05) is 0 Å². The van der Waals surface area contributed by atoms with Crippen LogP contribution in [-0.4, -0.2) is 83.3 Å². The number of guanidine groups is 1. The molecule has 0 aromatic heterocycles. The van der Waals surface area contributed by atoms with E-state index in [1.807, 2.05) is 13.8 Å². The number of likely N-dealkylation sites (N-methyl/N-ethyl adjacent to an activating group) is 1. The Morgan fingerprint density at radius 2 is 1.92 bits per heavy atom. The van der Waals surface area contributed by atoms with Gasteiger partial charge in [-0.3, -0.25) is 4.99 Å². The maximum atomic E-state index is 11.3. The highest BCUT2D eigenvalue weighted by atomic mass is 127. The number of rotatable bonds is 8. The average molecular weight is 490 g/mol. The van der Waals surface area contributed by atoms with Gasteiger partial charge in [0.05, 0.1) is 12.3 Å². The van der Waals surface area contributed by atoms with Crippen LogP contribution in [0.3, 0.4) is 0 Å². The topological polar surface area (TPSA) is 83.0 Å². The molecule has 1 fully saturated rings. The molecule has 150 valence electrons. The quantitative estimate of drug-likeness (QED) is 0.301. The fraction of sp³-hybridized carbons (Fsp3) is 0.938. The van der Waals surface area contributed by atoms with E-state index in [1.165, 1.54) is 6.26 Å². The van der Waals surface area contributed by atoms with E-state index in [1.54, 1.807) is 0 Å². The lowest BCUT2D eigenvalue weighted by molar-refractivity contribution is -0.00255. The molecule has 25 heavy (non-hydrogen) atoms. The first-order chi connectivity index (χ1) is 11.2. The number of nitrogens with one attached hydrogen (secondary N) is 2. The van der Waals surface area contributed by atoms with Gasteiger partial charge in [0.1, 0.15) is 9.84 Å². The molecule has 1 rings (SSSR count). The van der Waals surface area contributed by atoms with E-state index in [0.29, 0.717) is 13.0 Å². The molecule has 0 saturated carbocycles. The number of sulfone groups is 1. The fourth-order valence-corrected chi connectivity index (χ4v) is 3.52. The van der Waals surface area contributed by atoms with E-state index in [9.17, 15) is 8.42 Å². The van der Waals surface area contributed by atoms with E-state index in [0.717, 1.165) is 38.6 Å². The van der Waals surface area contributed by atoms with Gasteiger partial charge in [0.25, 0.3) is 0 Å². The summed E-state index contributed by atoms with van der Waals surface area (Å²) in [7, 11) is 1.25. The summed E-state index contributed by atoms with van der Waals surface area (Å²) in [6.45, 7) is 6.99. The third-order valence-electron chi connectivity index (χ3n) is 4.55. The SMILES string of the molecule is CCNC(=NCC1(N(C)C)CCOCC1)NC(C)CCS(C)(=O)=O.I. The number of nitrogens with zero attached hydrogens (tertiary/aromatic N) is 2. The first-order valence-electron chi connectivity index (χ1n) is 8.66. The first-order valence-corrected chi connectivity index (χ1v) is 10.7. The molecule has 0 radical (unpaired) electrons. The second kappa shape index (κ2) is 11.6. The Kier molecular flexibility index (Phi) is 11.5. The number of halogens is 1. The highest BCUT2D eigenvalue weighted by Gasteiger charge is 2.34. The maximum Gasteiger partial charge on any atom is 0.191 e. The van der Waals surface area contributed by atoms with Gasteiger partial charge in [-0.25, -0.2) is 8.42 Å². The summed E-state index contributed by atoms with van der Waals surface area (Å²) in [6.07, 6.45) is 3.76. The monoisotopic (exact) mass is 490 g/mol. The lowest BCUT2D eigenvalue weighted by atomic mass is 9.89. The van der Waals surface area contributed by atoms with Crippen molar-refractivity contribution in [2.45, 2.75) is 44.7 Å². The summed E-state index contributed by atoms with van der Waals surface area (Å²) in [5.41, 5.74) is 0.0244. The third-order valence-corrected chi connectivity index (χ3v) is 5.53. The van der Waals surface area contributed by atoms with Crippen molar-refractivity contribution in [3.8, 4) is 0 Å². The summed E-state index contributed by atoms with van der Waals surface area (Å²) in [5.74, 6) is 0.922. The van der Waals surface area contributed by atoms with Gasteiger partial charge in [0, 0.05) is 37.6 Å². The highest BCUT2D eigenvalue weighted by molar-refractivity contribution is 14.0. The van der Waals surface area contributed by atoms with Crippen LogP contribution in [0.5, 0.6) is 0 Å². The molecule has 0 bridgehead atoms. The van der Waals surface area contributed by atoms with E-state index in [2.05, 4.69) is 29.6 Å². The molecule has 1 aliphatic heterocycles. The van der Waals surface area contributed by atoms with Crippen LogP contribution in [0.2, 0.25) is 0 Å². The summed E-state index contributed by atoms with van der Waals surface area (Å²) in [5, 5.41) is 6.56.